The maximum Gasteiger partial charge on any atom is 0.0448 e. The number of carbonyl (C=O) groups excluding carboxylic acids is 1. The number of unbranched alkanes of at least 4 members (excludes halogenated alkanes) is 3. The van der Waals surface area contributed by atoms with Crippen molar-refractivity contribution in [2.45, 2.75) is 45.4 Å². The molecule has 0 radical (unpaired) electrons. The van der Waals surface area contributed by atoms with Gasteiger partial charge in [-0.2, -0.15) is 0 Å². The van der Waals surface area contributed by atoms with Gasteiger partial charge in [0.15, 0.2) is 0 Å². The minimum Gasteiger partial charge on any atom is -0.550 e. The van der Waals surface area contributed by atoms with E-state index in [-0.39, 0.29) is 5.92 Å². The van der Waals surface area contributed by atoms with Crippen molar-refractivity contribution in [3.05, 3.63) is 35.9 Å². The van der Waals surface area contributed by atoms with E-state index in [1.54, 1.807) is 0 Å². The highest BCUT2D eigenvalue weighted by Gasteiger charge is 2.10. The summed E-state index contributed by atoms with van der Waals surface area (Å²) < 4.78 is 0. The molecule has 1 aromatic carbocycles. The van der Waals surface area contributed by atoms with Crippen LogP contribution in [0.2, 0.25) is 0 Å². The van der Waals surface area contributed by atoms with Crippen molar-refractivity contribution in [1.29, 1.82) is 0 Å². The van der Waals surface area contributed by atoms with Gasteiger partial charge in [-0.15, -0.1) is 0 Å². The molecule has 1 aromatic rings. The van der Waals surface area contributed by atoms with Crippen LogP contribution in [0.4, 0.5) is 0 Å². The van der Waals surface area contributed by atoms with Crippen LogP contribution in [0.15, 0.2) is 30.3 Å². The maximum atomic E-state index is 11.1. The van der Waals surface area contributed by atoms with Crippen LogP contribution >= 0.6 is 0 Å². The van der Waals surface area contributed by atoms with Crippen LogP contribution in [0.1, 0.15) is 44.6 Å². The second-order valence-electron chi connectivity index (χ2n) is 4.56. The lowest BCUT2D eigenvalue weighted by Crippen LogP contribution is -2.32. The predicted octanol–water partition coefficient (Wildman–Crippen LogP) is 2.57. The third kappa shape index (κ3) is 5.53. The van der Waals surface area contributed by atoms with Crippen molar-refractivity contribution >= 4 is 5.97 Å². The van der Waals surface area contributed by atoms with E-state index in [1.807, 2.05) is 30.3 Å². The summed E-state index contributed by atoms with van der Waals surface area (Å²) in [5.74, 6) is -1.25. The standard InChI is InChI=1S/C15H22O2/c1-2-3-4-8-11-14(15(16)17)12-13-9-6-5-7-10-13/h5-7,9-10,14H,2-4,8,11-12H2,1H3,(H,16,17)/p-1. The summed E-state index contributed by atoms with van der Waals surface area (Å²) in [6.45, 7) is 2.15. The van der Waals surface area contributed by atoms with Crippen LogP contribution in [0.3, 0.4) is 0 Å². The number of hydrogen-bond acceptors (Lipinski definition) is 2. The summed E-state index contributed by atoms with van der Waals surface area (Å²) in [6.07, 6.45) is 5.79. The molecule has 1 rings (SSSR count). The quantitative estimate of drug-likeness (QED) is 0.647. The Hall–Kier alpha value is -1.31. The van der Waals surface area contributed by atoms with Crippen LogP contribution < -0.4 is 5.11 Å². The van der Waals surface area contributed by atoms with Crippen LogP contribution in [0.25, 0.3) is 0 Å². The highest BCUT2D eigenvalue weighted by atomic mass is 16.4. The average Bonchev–Trinajstić information content (AvgIpc) is 2.34. The molecule has 17 heavy (non-hydrogen) atoms. The fourth-order valence-electron chi connectivity index (χ4n) is 2.02. The molecule has 0 bridgehead atoms. The highest BCUT2D eigenvalue weighted by Crippen LogP contribution is 2.16. The average molecular weight is 233 g/mol. The van der Waals surface area contributed by atoms with Gasteiger partial charge >= 0.3 is 0 Å². The number of carbonyl (C=O) groups is 1. The van der Waals surface area contributed by atoms with Gasteiger partial charge in [0.1, 0.15) is 0 Å². The van der Waals surface area contributed by atoms with Crippen LogP contribution in [-0.4, -0.2) is 5.97 Å². The highest BCUT2D eigenvalue weighted by molar-refractivity contribution is 5.68. The van der Waals surface area contributed by atoms with E-state index >= 15 is 0 Å². The molecule has 0 aliphatic heterocycles. The Morgan fingerprint density at radius 1 is 1.18 bits per heavy atom. The molecule has 1 unspecified atom stereocenters. The second kappa shape index (κ2) is 7.88. The van der Waals surface area contributed by atoms with Crippen molar-refractivity contribution in [1.82, 2.24) is 0 Å². The first-order chi connectivity index (χ1) is 8.24. The van der Waals surface area contributed by atoms with E-state index in [0.717, 1.165) is 24.8 Å². The van der Waals surface area contributed by atoms with E-state index in [9.17, 15) is 9.90 Å². The molecule has 0 spiro atoms. The van der Waals surface area contributed by atoms with E-state index in [1.165, 1.54) is 12.8 Å². The summed E-state index contributed by atoms with van der Waals surface area (Å²) in [6, 6.07) is 9.78. The third-order valence-corrected chi connectivity index (χ3v) is 3.06. The SMILES string of the molecule is CCCCCCC(Cc1ccccc1)C(=O)[O-]. The number of benzene rings is 1. The predicted molar refractivity (Wildman–Crippen MR) is 67.4 cm³/mol. The zero-order valence-corrected chi connectivity index (χ0v) is 10.5. The lowest BCUT2D eigenvalue weighted by atomic mass is 9.94. The lowest BCUT2D eigenvalue weighted by molar-refractivity contribution is -0.311. The summed E-state index contributed by atoms with van der Waals surface area (Å²) in [5, 5.41) is 11.1. The third-order valence-electron chi connectivity index (χ3n) is 3.06. The van der Waals surface area contributed by atoms with Crippen molar-refractivity contribution in [2.75, 3.05) is 0 Å². The van der Waals surface area contributed by atoms with Gasteiger partial charge in [-0.05, 0) is 18.4 Å². The summed E-state index contributed by atoms with van der Waals surface area (Å²) in [7, 11) is 0. The lowest BCUT2D eigenvalue weighted by Gasteiger charge is -2.17. The molecule has 0 heterocycles. The van der Waals surface area contributed by atoms with Gasteiger partial charge in [0, 0.05) is 11.9 Å². The first kappa shape index (κ1) is 13.8. The molecule has 0 aromatic heterocycles. The largest absolute Gasteiger partial charge is 0.550 e. The molecule has 0 aliphatic carbocycles. The Balaban J connectivity index is 2.41. The molecular weight excluding hydrogens is 212 g/mol. The van der Waals surface area contributed by atoms with E-state index in [0.29, 0.717) is 6.42 Å². The number of carboxylic acids is 1. The summed E-state index contributed by atoms with van der Waals surface area (Å²) >= 11 is 0. The van der Waals surface area contributed by atoms with E-state index < -0.39 is 5.97 Å². The Morgan fingerprint density at radius 3 is 2.47 bits per heavy atom. The summed E-state index contributed by atoms with van der Waals surface area (Å²) in [4.78, 5) is 11.1. The number of rotatable bonds is 8. The van der Waals surface area contributed by atoms with Gasteiger partial charge in [-0.3, -0.25) is 0 Å². The minimum atomic E-state index is -0.912. The number of aliphatic carboxylic acids is 1. The van der Waals surface area contributed by atoms with E-state index in [4.69, 9.17) is 0 Å². The molecular formula is C15H21O2-. The minimum absolute atomic E-state index is 0.339. The van der Waals surface area contributed by atoms with Gasteiger partial charge in [-0.25, -0.2) is 0 Å². The first-order valence-electron chi connectivity index (χ1n) is 6.48. The fourth-order valence-corrected chi connectivity index (χ4v) is 2.02. The molecule has 0 amide bonds. The second-order valence-corrected chi connectivity index (χ2v) is 4.56. The van der Waals surface area contributed by atoms with Crippen molar-refractivity contribution in [2.24, 2.45) is 5.92 Å². The fraction of sp³-hybridized carbons (Fsp3) is 0.533. The maximum absolute atomic E-state index is 11.1. The van der Waals surface area contributed by atoms with Crippen molar-refractivity contribution in [3.63, 3.8) is 0 Å². The van der Waals surface area contributed by atoms with Gasteiger partial charge in [-0.1, -0.05) is 62.9 Å². The molecule has 1 atom stereocenters. The van der Waals surface area contributed by atoms with Crippen molar-refractivity contribution < 1.29 is 9.90 Å². The molecule has 2 heteroatoms. The van der Waals surface area contributed by atoms with Gasteiger partial charge in [0.05, 0.1) is 0 Å². The van der Waals surface area contributed by atoms with Crippen molar-refractivity contribution in [3.8, 4) is 0 Å². The Bertz CT molecular complexity index is 319. The normalized spacial score (nSPS) is 12.3. The smallest absolute Gasteiger partial charge is 0.0448 e. The first-order valence-corrected chi connectivity index (χ1v) is 6.48. The zero-order valence-electron chi connectivity index (χ0n) is 10.5. The molecule has 0 aliphatic rings. The van der Waals surface area contributed by atoms with Crippen LogP contribution in [0.5, 0.6) is 0 Å². The monoisotopic (exact) mass is 233 g/mol. The van der Waals surface area contributed by atoms with Crippen LogP contribution in [-0.2, 0) is 11.2 Å². The molecule has 2 nitrogen and oxygen atoms in total. The van der Waals surface area contributed by atoms with Gasteiger partial charge in [0.2, 0.25) is 0 Å². The Labute approximate surface area is 104 Å². The Kier molecular flexibility index (Phi) is 6.38. The summed E-state index contributed by atoms with van der Waals surface area (Å²) in [5.41, 5.74) is 1.08. The molecule has 0 fully saturated rings. The topological polar surface area (TPSA) is 40.1 Å². The molecule has 0 saturated carbocycles. The van der Waals surface area contributed by atoms with Gasteiger partial charge in [0.25, 0.3) is 0 Å². The molecule has 0 N–H and O–H groups in total. The number of carboxylic acid groups (broad SMARTS) is 1. The van der Waals surface area contributed by atoms with Crippen LogP contribution in [0, 0.1) is 5.92 Å². The van der Waals surface area contributed by atoms with E-state index in [2.05, 4.69) is 6.92 Å². The molecule has 0 saturated heterocycles. The number of hydrogen-bond donors (Lipinski definition) is 0. The molecule has 94 valence electrons. The van der Waals surface area contributed by atoms with Gasteiger partial charge < -0.3 is 9.90 Å². The Morgan fingerprint density at radius 2 is 1.88 bits per heavy atom. The zero-order chi connectivity index (χ0) is 12.5.